The number of anilines is 1. The Kier molecular flexibility index (Phi) is 4.82. The molecule has 0 fully saturated rings. The van der Waals surface area contributed by atoms with E-state index in [4.69, 9.17) is 0 Å². The number of aryl methyl sites for hydroxylation is 3. The summed E-state index contributed by atoms with van der Waals surface area (Å²) >= 11 is 0. The molecule has 0 saturated heterocycles. The number of non-ortho nitro benzene ring substituents is 1. The molecule has 0 spiro atoms. The van der Waals surface area contributed by atoms with Crippen molar-refractivity contribution in [3.8, 4) is 0 Å². The van der Waals surface area contributed by atoms with Crippen molar-refractivity contribution in [2.24, 2.45) is 0 Å². The zero-order valence-corrected chi connectivity index (χ0v) is 14.2. The SMILES string of the molecule is Cc1cc(C)c(NC(=O)c2cc([N+](=O)[O-])cc([N+](=O)[O-])c2C)c(C)c1. The minimum absolute atomic E-state index is 0.0792. The van der Waals surface area contributed by atoms with E-state index in [1.165, 1.54) is 6.92 Å². The van der Waals surface area contributed by atoms with Crippen LogP contribution in [0.4, 0.5) is 17.1 Å². The molecule has 1 N–H and O–H groups in total. The van der Waals surface area contributed by atoms with Crippen LogP contribution in [0, 0.1) is 47.9 Å². The summed E-state index contributed by atoms with van der Waals surface area (Å²) < 4.78 is 0. The van der Waals surface area contributed by atoms with Crippen molar-refractivity contribution >= 4 is 23.0 Å². The van der Waals surface area contributed by atoms with Gasteiger partial charge >= 0.3 is 0 Å². The van der Waals surface area contributed by atoms with Gasteiger partial charge < -0.3 is 5.32 Å². The maximum absolute atomic E-state index is 12.6. The van der Waals surface area contributed by atoms with Crippen molar-refractivity contribution in [2.45, 2.75) is 27.7 Å². The van der Waals surface area contributed by atoms with Gasteiger partial charge in [-0.15, -0.1) is 0 Å². The Labute approximate surface area is 143 Å². The van der Waals surface area contributed by atoms with Gasteiger partial charge in [0, 0.05) is 17.3 Å². The lowest BCUT2D eigenvalue weighted by Crippen LogP contribution is -2.16. The van der Waals surface area contributed by atoms with Crippen LogP contribution in [0.25, 0.3) is 0 Å². The lowest BCUT2D eigenvalue weighted by molar-refractivity contribution is -0.394. The second kappa shape index (κ2) is 6.68. The van der Waals surface area contributed by atoms with Crippen LogP contribution in [-0.4, -0.2) is 15.8 Å². The monoisotopic (exact) mass is 343 g/mol. The predicted octanol–water partition coefficient (Wildman–Crippen LogP) is 3.99. The zero-order chi connectivity index (χ0) is 18.9. The number of carbonyl (C=O) groups is 1. The van der Waals surface area contributed by atoms with E-state index >= 15 is 0 Å². The second-order valence-corrected chi connectivity index (χ2v) is 5.88. The van der Waals surface area contributed by atoms with Gasteiger partial charge in [-0.2, -0.15) is 0 Å². The Morgan fingerprint density at radius 3 is 1.96 bits per heavy atom. The fourth-order valence-corrected chi connectivity index (χ4v) is 2.77. The average molecular weight is 343 g/mol. The molecule has 2 aromatic carbocycles. The Morgan fingerprint density at radius 2 is 1.48 bits per heavy atom. The minimum atomic E-state index is -0.758. The lowest BCUT2D eigenvalue weighted by atomic mass is 10.0. The van der Waals surface area contributed by atoms with E-state index in [-0.39, 0.29) is 11.1 Å². The Morgan fingerprint density at radius 1 is 0.920 bits per heavy atom. The van der Waals surface area contributed by atoms with Gasteiger partial charge in [0.15, 0.2) is 0 Å². The summed E-state index contributed by atoms with van der Waals surface area (Å²) in [4.78, 5) is 33.3. The molecule has 1 amide bonds. The van der Waals surface area contributed by atoms with Crippen molar-refractivity contribution in [3.63, 3.8) is 0 Å². The summed E-state index contributed by atoms with van der Waals surface area (Å²) in [6.45, 7) is 6.99. The van der Waals surface area contributed by atoms with Crippen LogP contribution in [-0.2, 0) is 0 Å². The van der Waals surface area contributed by atoms with Crippen LogP contribution < -0.4 is 5.32 Å². The van der Waals surface area contributed by atoms with Gasteiger partial charge in [-0.25, -0.2) is 0 Å². The van der Waals surface area contributed by atoms with Gasteiger partial charge in [0.1, 0.15) is 0 Å². The Balaban J connectivity index is 2.53. The molecule has 0 saturated carbocycles. The third-order valence-electron chi connectivity index (χ3n) is 3.93. The fraction of sp³-hybridized carbons (Fsp3) is 0.235. The Bertz CT molecular complexity index is 882. The quantitative estimate of drug-likeness (QED) is 0.665. The zero-order valence-electron chi connectivity index (χ0n) is 14.2. The molecule has 2 aromatic rings. The number of nitro benzene ring substituents is 2. The van der Waals surface area contributed by atoms with Crippen LogP contribution in [0.3, 0.4) is 0 Å². The first kappa shape index (κ1) is 18.1. The summed E-state index contributed by atoms with van der Waals surface area (Å²) in [6, 6.07) is 5.70. The summed E-state index contributed by atoms with van der Waals surface area (Å²) in [5, 5.41) is 24.9. The molecular weight excluding hydrogens is 326 g/mol. The molecule has 0 bridgehead atoms. The van der Waals surface area contributed by atoms with Gasteiger partial charge in [0.05, 0.1) is 21.5 Å². The van der Waals surface area contributed by atoms with E-state index < -0.39 is 27.1 Å². The van der Waals surface area contributed by atoms with E-state index in [0.29, 0.717) is 5.69 Å². The first-order valence-electron chi connectivity index (χ1n) is 7.44. The van der Waals surface area contributed by atoms with Crippen molar-refractivity contribution in [2.75, 3.05) is 5.32 Å². The van der Waals surface area contributed by atoms with E-state index in [1.807, 2.05) is 32.9 Å². The van der Waals surface area contributed by atoms with Gasteiger partial charge in [-0.05, 0) is 38.8 Å². The molecule has 0 unspecified atom stereocenters. The Hall–Kier alpha value is -3.29. The van der Waals surface area contributed by atoms with E-state index in [2.05, 4.69) is 5.32 Å². The van der Waals surface area contributed by atoms with Gasteiger partial charge in [-0.1, -0.05) is 17.7 Å². The summed E-state index contributed by atoms with van der Waals surface area (Å²) in [7, 11) is 0. The highest BCUT2D eigenvalue weighted by atomic mass is 16.6. The van der Waals surface area contributed by atoms with E-state index in [1.54, 1.807) is 0 Å². The fourth-order valence-electron chi connectivity index (χ4n) is 2.77. The van der Waals surface area contributed by atoms with Crippen LogP contribution in [0.2, 0.25) is 0 Å². The molecule has 0 aliphatic heterocycles. The van der Waals surface area contributed by atoms with E-state index in [9.17, 15) is 25.0 Å². The van der Waals surface area contributed by atoms with Gasteiger partial charge in [-0.3, -0.25) is 25.0 Å². The smallest absolute Gasteiger partial charge is 0.279 e. The maximum atomic E-state index is 12.6. The number of hydrogen-bond acceptors (Lipinski definition) is 5. The van der Waals surface area contributed by atoms with Gasteiger partial charge in [0.25, 0.3) is 17.3 Å². The highest BCUT2D eigenvalue weighted by Gasteiger charge is 2.25. The summed E-state index contributed by atoms with van der Waals surface area (Å²) in [6.07, 6.45) is 0. The van der Waals surface area contributed by atoms with Crippen molar-refractivity contribution in [1.82, 2.24) is 0 Å². The highest BCUT2D eigenvalue weighted by molar-refractivity contribution is 6.07. The molecule has 0 heterocycles. The van der Waals surface area contributed by atoms with Crippen LogP contribution in [0.5, 0.6) is 0 Å². The van der Waals surface area contributed by atoms with E-state index in [0.717, 1.165) is 28.8 Å². The topological polar surface area (TPSA) is 115 Å². The standard InChI is InChI=1S/C17H17N3O5/c1-9-5-10(2)16(11(3)6-9)18-17(21)14-7-13(19(22)23)8-15(12(14)4)20(24)25/h5-8H,1-4H3,(H,18,21). The maximum Gasteiger partial charge on any atom is 0.279 e. The van der Waals surface area contributed by atoms with Crippen molar-refractivity contribution in [1.29, 1.82) is 0 Å². The minimum Gasteiger partial charge on any atom is -0.321 e. The molecule has 0 aromatic heterocycles. The first-order valence-corrected chi connectivity index (χ1v) is 7.44. The average Bonchev–Trinajstić information content (AvgIpc) is 2.50. The van der Waals surface area contributed by atoms with Crippen molar-refractivity contribution < 1.29 is 14.6 Å². The summed E-state index contributed by atoms with van der Waals surface area (Å²) in [5.41, 5.74) is 2.32. The number of carbonyl (C=O) groups excluding carboxylic acids is 1. The summed E-state index contributed by atoms with van der Waals surface area (Å²) in [5.74, 6) is -0.626. The molecule has 130 valence electrons. The first-order chi connectivity index (χ1) is 11.6. The number of nitro groups is 2. The number of nitrogens with one attached hydrogen (secondary N) is 1. The van der Waals surface area contributed by atoms with Gasteiger partial charge in [0.2, 0.25) is 0 Å². The molecule has 0 atom stereocenters. The molecule has 0 radical (unpaired) electrons. The third-order valence-corrected chi connectivity index (χ3v) is 3.93. The normalized spacial score (nSPS) is 10.4. The largest absolute Gasteiger partial charge is 0.321 e. The van der Waals surface area contributed by atoms with Crippen LogP contribution in [0.15, 0.2) is 24.3 Å². The molecule has 25 heavy (non-hydrogen) atoms. The molecular formula is C17H17N3O5. The number of hydrogen-bond donors (Lipinski definition) is 1. The second-order valence-electron chi connectivity index (χ2n) is 5.88. The molecule has 0 aliphatic carbocycles. The van der Waals surface area contributed by atoms with Crippen LogP contribution in [0.1, 0.15) is 32.6 Å². The third kappa shape index (κ3) is 3.63. The number of amides is 1. The number of benzene rings is 2. The molecule has 8 heteroatoms. The van der Waals surface area contributed by atoms with Crippen molar-refractivity contribution in [3.05, 3.63) is 72.3 Å². The number of nitrogens with zero attached hydrogens (tertiary/aromatic N) is 2. The number of rotatable bonds is 4. The van der Waals surface area contributed by atoms with Crippen LogP contribution >= 0.6 is 0 Å². The lowest BCUT2D eigenvalue weighted by Gasteiger charge is -2.14. The predicted molar refractivity (Wildman–Crippen MR) is 93.1 cm³/mol. The highest BCUT2D eigenvalue weighted by Crippen LogP contribution is 2.29. The molecule has 8 nitrogen and oxygen atoms in total. The molecule has 0 aliphatic rings. The molecule has 2 rings (SSSR count).